The maximum atomic E-state index is 11.9. The number of anilines is 1. The van der Waals surface area contributed by atoms with Crippen LogP contribution in [0.3, 0.4) is 0 Å². The predicted octanol–water partition coefficient (Wildman–Crippen LogP) is 3.26. The van der Waals surface area contributed by atoms with Crippen molar-refractivity contribution >= 4 is 42.6 Å². The van der Waals surface area contributed by atoms with E-state index in [2.05, 4.69) is 25.4 Å². The van der Waals surface area contributed by atoms with Crippen LogP contribution in [0.4, 0.5) is 5.69 Å². The minimum absolute atomic E-state index is 0.154. The van der Waals surface area contributed by atoms with Crippen LogP contribution in [0.15, 0.2) is 40.9 Å². The largest absolute Gasteiger partial charge is 0.299 e. The molecule has 2 rings (SSSR count). The van der Waals surface area contributed by atoms with Gasteiger partial charge in [-0.25, -0.2) is 0 Å². The Balaban J connectivity index is 2.45. The van der Waals surface area contributed by atoms with E-state index >= 15 is 0 Å². The van der Waals surface area contributed by atoms with Gasteiger partial charge in [0.25, 0.3) is 10.2 Å². The van der Waals surface area contributed by atoms with Gasteiger partial charge >= 0.3 is 0 Å². The first kappa shape index (κ1) is 14.3. The summed E-state index contributed by atoms with van der Waals surface area (Å²) < 4.78 is 29.8. The number of fused-ring (bicyclic) bond motifs is 1. The van der Waals surface area contributed by atoms with Crippen LogP contribution in [-0.4, -0.2) is 14.5 Å². The first-order chi connectivity index (χ1) is 8.89. The Bertz CT molecular complexity index is 699. The molecular formula is C13H15BrN2O2S. The lowest BCUT2D eigenvalue weighted by Crippen LogP contribution is -2.35. The molecule has 0 atom stereocenters. The van der Waals surface area contributed by atoms with E-state index in [4.69, 9.17) is 0 Å². The monoisotopic (exact) mass is 342 g/mol. The van der Waals surface area contributed by atoms with E-state index in [1.54, 1.807) is 19.9 Å². The van der Waals surface area contributed by atoms with E-state index in [1.807, 2.05) is 30.3 Å². The van der Waals surface area contributed by atoms with Gasteiger partial charge in [-0.3, -0.25) is 4.72 Å². The zero-order valence-corrected chi connectivity index (χ0v) is 13.0. The molecule has 0 fully saturated rings. The Morgan fingerprint density at radius 1 is 1.05 bits per heavy atom. The second kappa shape index (κ2) is 5.48. The van der Waals surface area contributed by atoms with Crippen LogP contribution in [0.1, 0.15) is 13.8 Å². The van der Waals surface area contributed by atoms with Crippen molar-refractivity contribution in [2.75, 3.05) is 4.72 Å². The first-order valence-corrected chi connectivity index (χ1v) is 8.14. The van der Waals surface area contributed by atoms with Gasteiger partial charge in [0.2, 0.25) is 0 Å². The number of nitrogens with one attached hydrogen (secondary N) is 2. The molecule has 0 saturated carbocycles. The molecule has 0 bridgehead atoms. The van der Waals surface area contributed by atoms with Crippen LogP contribution >= 0.6 is 15.9 Å². The van der Waals surface area contributed by atoms with Crippen molar-refractivity contribution in [1.82, 2.24) is 4.72 Å². The molecule has 19 heavy (non-hydrogen) atoms. The van der Waals surface area contributed by atoms with Gasteiger partial charge in [0.1, 0.15) is 0 Å². The Labute approximate surface area is 121 Å². The molecule has 0 unspecified atom stereocenters. The molecule has 0 heterocycles. The number of halogens is 1. The van der Waals surface area contributed by atoms with E-state index in [1.165, 1.54) is 0 Å². The quantitative estimate of drug-likeness (QED) is 0.895. The number of hydrogen-bond donors (Lipinski definition) is 2. The van der Waals surface area contributed by atoms with E-state index in [-0.39, 0.29) is 6.04 Å². The molecule has 0 saturated heterocycles. The van der Waals surface area contributed by atoms with Gasteiger partial charge in [0.15, 0.2) is 0 Å². The molecule has 0 spiro atoms. The van der Waals surface area contributed by atoms with Crippen molar-refractivity contribution in [2.45, 2.75) is 19.9 Å². The van der Waals surface area contributed by atoms with Crippen LogP contribution in [0.2, 0.25) is 0 Å². The van der Waals surface area contributed by atoms with Gasteiger partial charge in [-0.2, -0.15) is 13.1 Å². The van der Waals surface area contributed by atoms with Gasteiger partial charge in [-0.05, 0) is 31.4 Å². The summed E-state index contributed by atoms with van der Waals surface area (Å²) in [5.74, 6) is 0. The molecule has 0 aliphatic rings. The maximum absolute atomic E-state index is 11.9. The van der Waals surface area contributed by atoms with E-state index in [9.17, 15) is 8.42 Å². The van der Waals surface area contributed by atoms with E-state index < -0.39 is 10.2 Å². The van der Waals surface area contributed by atoms with Crippen LogP contribution in [0.5, 0.6) is 0 Å². The molecule has 102 valence electrons. The Morgan fingerprint density at radius 2 is 1.68 bits per heavy atom. The highest BCUT2D eigenvalue weighted by Gasteiger charge is 2.13. The van der Waals surface area contributed by atoms with Crippen molar-refractivity contribution in [3.8, 4) is 0 Å². The highest BCUT2D eigenvalue weighted by molar-refractivity contribution is 9.10. The molecule has 6 heteroatoms. The summed E-state index contributed by atoms with van der Waals surface area (Å²) in [5, 5.41) is 1.82. The van der Waals surface area contributed by atoms with E-state index in [0.717, 1.165) is 15.2 Å². The average Bonchev–Trinajstić information content (AvgIpc) is 2.31. The van der Waals surface area contributed by atoms with Crippen molar-refractivity contribution in [3.63, 3.8) is 0 Å². The van der Waals surface area contributed by atoms with Crippen molar-refractivity contribution in [1.29, 1.82) is 0 Å². The molecule has 2 N–H and O–H groups in total. The highest BCUT2D eigenvalue weighted by atomic mass is 79.9. The summed E-state index contributed by atoms with van der Waals surface area (Å²) in [4.78, 5) is 0. The van der Waals surface area contributed by atoms with Crippen LogP contribution in [-0.2, 0) is 10.2 Å². The SMILES string of the molecule is CC(C)NS(=O)(=O)Nc1ccc(Br)c2ccccc12. The highest BCUT2D eigenvalue weighted by Crippen LogP contribution is 2.30. The number of hydrogen-bond acceptors (Lipinski definition) is 2. The smallest absolute Gasteiger partial charge is 0.270 e. The zero-order valence-electron chi connectivity index (χ0n) is 10.6. The second-order valence-electron chi connectivity index (χ2n) is 4.52. The summed E-state index contributed by atoms with van der Waals surface area (Å²) in [6, 6.07) is 11.0. The maximum Gasteiger partial charge on any atom is 0.299 e. The third-order valence-corrected chi connectivity index (χ3v) is 4.47. The summed E-state index contributed by atoms with van der Waals surface area (Å²) in [6.45, 7) is 3.55. The van der Waals surface area contributed by atoms with Gasteiger partial charge in [0.05, 0.1) is 5.69 Å². The van der Waals surface area contributed by atoms with Crippen LogP contribution in [0, 0.1) is 0 Å². The molecule has 0 radical (unpaired) electrons. The molecule has 2 aromatic rings. The fourth-order valence-electron chi connectivity index (χ4n) is 1.84. The average molecular weight is 343 g/mol. The summed E-state index contributed by atoms with van der Waals surface area (Å²) >= 11 is 3.46. The molecule has 0 amide bonds. The third kappa shape index (κ3) is 3.46. The minimum atomic E-state index is -3.55. The standard InChI is InChI=1S/C13H15BrN2O2S/c1-9(2)15-19(17,18)16-13-8-7-12(14)10-5-3-4-6-11(10)13/h3-9,15-16H,1-2H3. The number of benzene rings is 2. The Morgan fingerprint density at radius 3 is 2.32 bits per heavy atom. The normalized spacial score (nSPS) is 12.0. The fraction of sp³-hybridized carbons (Fsp3) is 0.231. The lowest BCUT2D eigenvalue weighted by molar-refractivity contribution is 0.575. The molecular weight excluding hydrogens is 328 g/mol. The first-order valence-electron chi connectivity index (χ1n) is 5.86. The minimum Gasteiger partial charge on any atom is -0.270 e. The summed E-state index contributed by atoms with van der Waals surface area (Å²) in [6.07, 6.45) is 0. The van der Waals surface area contributed by atoms with Gasteiger partial charge in [-0.15, -0.1) is 0 Å². The van der Waals surface area contributed by atoms with Crippen molar-refractivity contribution < 1.29 is 8.42 Å². The van der Waals surface area contributed by atoms with Gasteiger partial charge in [-0.1, -0.05) is 40.2 Å². The summed E-state index contributed by atoms with van der Waals surface area (Å²) in [7, 11) is -3.55. The predicted molar refractivity (Wildman–Crippen MR) is 82.5 cm³/mol. The summed E-state index contributed by atoms with van der Waals surface area (Å²) in [5.41, 5.74) is 0.562. The second-order valence-corrected chi connectivity index (χ2v) is 6.82. The van der Waals surface area contributed by atoms with E-state index in [0.29, 0.717) is 5.69 Å². The lowest BCUT2D eigenvalue weighted by Gasteiger charge is -2.14. The van der Waals surface area contributed by atoms with Crippen molar-refractivity contribution in [2.24, 2.45) is 0 Å². The Hall–Kier alpha value is -1.11. The Kier molecular flexibility index (Phi) is 4.13. The van der Waals surface area contributed by atoms with Crippen molar-refractivity contribution in [3.05, 3.63) is 40.9 Å². The lowest BCUT2D eigenvalue weighted by atomic mass is 10.1. The molecule has 0 aliphatic carbocycles. The number of rotatable bonds is 4. The molecule has 0 aliphatic heterocycles. The topological polar surface area (TPSA) is 58.2 Å². The zero-order chi connectivity index (χ0) is 14.0. The van der Waals surface area contributed by atoms with Crippen LogP contribution < -0.4 is 9.44 Å². The molecule has 2 aromatic carbocycles. The fourth-order valence-corrected chi connectivity index (χ4v) is 3.46. The third-order valence-electron chi connectivity index (χ3n) is 2.51. The van der Waals surface area contributed by atoms with Gasteiger partial charge in [0, 0.05) is 15.9 Å². The van der Waals surface area contributed by atoms with Crippen LogP contribution in [0.25, 0.3) is 10.8 Å². The molecule has 0 aromatic heterocycles. The van der Waals surface area contributed by atoms with Gasteiger partial charge < -0.3 is 0 Å². The molecule has 4 nitrogen and oxygen atoms in total.